The summed E-state index contributed by atoms with van der Waals surface area (Å²) in [4.78, 5) is 93.8. The number of amides is 5. The summed E-state index contributed by atoms with van der Waals surface area (Å²) in [7, 11) is 1.45. The fraction of sp³-hybridized carbons (Fsp3) is 0.651. The van der Waals surface area contributed by atoms with Gasteiger partial charge in [0.05, 0.1) is 12.1 Å². The van der Waals surface area contributed by atoms with Crippen molar-refractivity contribution in [2.24, 2.45) is 17.6 Å². The van der Waals surface area contributed by atoms with Crippen LogP contribution < -0.4 is 27.0 Å². The number of aliphatic hydroxyl groups is 1. The Kier molecular flexibility index (Phi) is 19.7. The van der Waals surface area contributed by atoms with E-state index in [4.69, 9.17) is 15.2 Å². The minimum Gasteiger partial charge on any atom is -0.480 e. The summed E-state index contributed by atoms with van der Waals surface area (Å²) in [6.45, 7) is 17.1. The average Bonchev–Trinajstić information content (AvgIpc) is 3.51. The number of unbranched alkanes of at least 4 members (excludes halogenated alkanes) is 1. The third kappa shape index (κ3) is 17.3. The molecule has 8 N–H and O–H groups in total. The number of benzene rings is 1. The summed E-state index contributed by atoms with van der Waals surface area (Å²) in [6, 6.07) is 1.20. The Morgan fingerprint density at radius 1 is 0.787 bits per heavy atom. The molecule has 0 unspecified atom stereocenters. The van der Waals surface area contributed by atoms with Crippen LogP contribution in [0, 0.1) is 11.8 Å². The standard InChI is InChI=1S/C43H69N7O11/c1-25(2)20-32(47-35(52)29(44)24-51)38(55)49(11)34(21-26(3)4)37(54)46-31(22-27-23-50(41(59)61-43(8,9)10)33-18-13-12-16-28(27)33)36(53)45-19-15-14-17-30(39(56)57)48-40(58)60-42(5,6)7/h12-13,16,18,23,25-26,29-32,34,51H,14-15,17,19-22,24,44H2,1-11H3,(H,45,53)(H,46,54)(H,47,52)(H,48,58)(H,56,57)/t29-,30+,31-,32-,34-/m0/s1. The van der Waals surface area contributed by atoms with Gasteiger partial charge in [0.15, 0.2) is 0 Å². The molecule has 1 aromatic carbocycles. The van der Waals surface area contributed by atoms with Crippen molar-refractivity contribution in [3.05, 3.63) is 36.0 Å². The normalized spacial score (nSPS) is 14.3. The topological polar surface area (TPSA) is 261 Å². The summed E-state index contributed by atoms with van der Waals surface area (Å²) >= 11 is 0. The molecule has 1 heterocycles. The summed E-state index contributed by atoms with van der Waals surface area (Å²) in [5, 5.41) is 30.4. The highest BCUT2D eigenvalue weighted by Gasteiger charge is 2.36. The first-order chi connectivity index (χ1) is 28.2. The van der Waals surface area contributed by atoms with Crippen molar-refractivity contribution in [3.8, 4) is 0 Å². The maximum Gasteiger partial charge on any atom is 0.419 e. The highest BCUT2D eigenvalue weighted by atomic mass is 16.6. The monoisotopic (exact) mass is 860 g/mol. The Morgan fingerprint density at radius 2 is 1.38 bits per heavy atom. The molecule has 0 saturated heterocycles. The molecule has 2 rings (SSSR count). The minimum atomic E-state index is -1.25. The van der Waals surface area contributed by atoms with Crippen molar-refractivity contribution in [1.82, 2.24) is 30.7 Å². The van der Waals surface area contributed by atoms with Crippen molar-refractivity contribution in [3.63, 3.8) is 0 Å². The van der Waals surface area contributed by atoms with E-state index < -0.39 is 89.8 Å². The lowest BCUT2D eigenvalue weighted by atomic mass is 9.97. The van der Waals surface area contributed by atoms with Gasteiger partial charge in [0.25, 0.3) is 0 Å². The highest BCUT2D eigenvalue weighted by Crippen LogP contribution is 2.25. The number of nitrogens with one attached hydrogen (secondary N) is 4. The predicted octanol–water partition coefficient (Wildman–Crippen LogP) is 3.44. The van der Waals surface area contributed by atoms with Gasteiger partial charge in [0, 0.05) is 31.6 Å². The number of fused-ring (bicyclic) bond motifs is 1. The Bertz CT molecular complexity index is 1830. The van der Waals surface area contributed by atoms with E-state index in [1.165, 1.54) is 16.5 Å². The van der Waals surface area contributed by atoms with Crippen molar-refractivity contribution in [1.29, 1.82) is 0 Å². The van der Waals surface area contributed by atoms with Crippen LogP contribution in [0.2, 0.25) is 0 Å². The number of hydrogen-bond acceptors (Lipinski definition) is 11. The van der Waals surface area contributed by atoms with E-state index >= 15 is 0 Å². The van der Waals surface area contributed by atoms with Gasteiger partial charge in [-0.1, -0.05) is 45.9 Å². The molecule has 342 valence electrons. The molecule has 0 radical (unpaired) electrons. The van der Waals surface area contributed by atoms with Crippen LogP contribution >= 0.6 is 0 Å². The van der Waals surface area contributed by atoms with Crippen LogP contribution in [0.5, 0.6) is 0 Å². The van der Waals surface area contributed by atoms with Crippen LogP contribution in [0.1, 0.15) is 107 Å². The van der Waals surface area contributed by atoms with Gasteiger partial charge in [-0.15, -0.1) is 0 Å². The number of likely N-dealkylation sites (N-methyl/N-ethyl adjacent to an activating group) is 1. The molecular weight excluding hydrogens is 791 g/mol. The van der Waals surface area contributed by atoms with Crippen LogP contribution in [-0.2, 0) is 39.9 Å². The number of alkyl carbamates (subject to hydrolysis) is 1. The zero-order valence-electron chi connectivity index (χ0n) is 37.6. The second kappa shape index (κ2) is 23.1. The first kappa shape index (κ1) is 51.9. The number of carbonyl (C=O) groups excluding carboxylic acids is 6. The molecule has 0 spiro atoms. The van der Waals surface area contributed by atoms with Crippen LogP contribution in [0.15, 0.2) is 30.5 Å². The number of nitrogens with zero attached hydrogens (tertiary/aromatic N) is 2. The number of rotatable bonds is 21. The predicted molar refractivity (Wildman–Crippen MR) is 229 cm³/mol. The van der Waals surface area contributed by atoms with E-state index in [9.17, 15) is 43.8 Å². The van der Waals surface area contributed by atoms with Gasteiger partial charge in [-0.05, 0) is 97.1 Å². The van der Waals surface area contributed by atoms with Crippen LogP contribution in [0.25, 0.3) is 10.9 Å². The first-order valence-electron chi connectivity index (χ1n) is 20.8. The second-order valence-electron chi connectivity index (χ2n) is 18.2. The number of carboxylic acid groups (broad SMARTS) is 1. The summed E-state index contributed by atoms with van der Waals surface area (Å²) in [5.41, 5.74) is 5.17. The lowest BCUT2D eigenvalue weighted by Crippen LogP contribution is -2.59. The summed E-state index contributed by atoms with van der Waals surface area (Å²) in [6.07, 6.45) is 1.07. The van der Waals surface area contributed by atoms with Gasteiger partial charge in [-0.2, -0.15) is 0 Å². The van der Waals surface area contributed by atoms with E-state index in [1.807, 2.05) is 27.7 Å². The second-order valence-corrected chi connectivity index (χ2v) is 18.2. The van der Waals surface area contributed by atoms with Crippen LogP contribution in [0.3, 0.4) is 0 Å². The smallest absolute Gasteiger partial charge is 0.419 e. The fourth-order valence-corrected chi connectivity index (χ4v) is 6.43. The Labute approximate surface area is 359 Å². The lowest BCUT2D eigenvalue weighted by molar-refractivity contribution is -0.143. The number of carboxylic acids is 1. The van der Waals surface area contributed by atoms with E-state index in [-0.39, 0.29) is 44.1 Å². The molecule has 5 atom stereocenters. The van der Waals surface area contributed by atoms with Crippen molar-refractivity contribution >= 4 is 52.7 Å². The minimum absolute atomic E-state index is 0.0440. The molecule has 1 aromatic heterocycles. The molecule has 0 aliphatic heterocycles. The molecule has 0 saturated carbocycles. The molecule has 0 aliphatic rings. The number of para-hydroxylation sites is 1. The third-order valence-corrected chi connectivity index (χ3v) is 9.32. The first-order valence-corrected chi connectivity index (χ1v) is 20.8. The molecule has 0 fully saturated rings. The summed E-state index contributed by atoms with van der Waals surface area (Å²) < 4.78 is 12.2. The van der Waals surface area contributed by atoms with E-state index in [0.717, 1.165) is 0 Å². The molecule has 5 amide bonds. The number of nitrogens with two attached hydrogens (primary N) is 1. The number of aliphatic hydroxyl groups excluding tert-OH is 1. The van der Waals surface area contributed by atoms with Crippen molar-refractivity contribution < 1.29 is 53.2 Å². The number of aliphatic carboxylic acids is 1. The Balaban J connectivity index is 2.45. The number of ether oxygens (including phenoxy) is 2. The van der Waals surface area contributed by atoms with E-state index in [2.05, 4.69) is 21.3 Å². The molecule has 0 bridgehead atoms. The Morgan fingerprint density at radius 3 is 1.93 bits per heavy atom. The van der Waals surface area contributed by atoms with Crippen molar-refractivity contribution in [2.45, 2.75) is 149 Å². The number of hydrogen-bond donors (Lipinski definition) is 7. The molecule has 2 aromatic rings. The van der Waals surface area contributed by atoms with Crippen LogP contribution in [-0.4, -0.2) is 123 Å². The zero-order chi connectivity index (χ0) is 46.4. The van der Waals surface area contributed by atoms with Crippen molar-refractivity contribution in [2.75, 3.05) is 20.2 Å². The van der Waals surface area contributed by atoms with Gasteiger partial charge in [0.2, 0.25) is 23.6 Å². The zero-order valence-corrected chi connectivity index (χ0v) is 37.6. The average molecular weight is 860 g/mol. The summed E-state index contributed by atoms with van der Waals surface area (Å²) in [5.74, 6) is -3.88. The van der Waals surface area contributed by atoms with Gasteiger partial charge >= 0.3 is 18.2 Å². The van der Waals surface area contributed by atoms with Gasteiger partial charge < -0.3 is 51.6 Å². The SMILES string of the molecule is CC(C)C[C@H](NC(=O)[C@@H](N)CO)C(=O)N(C)[C@@H](CC(C)C)C(=O)N[C@@H](Cc1cn(C(=O)OC(C)(C)C)c2ccccc12)C(=O)NCCCC[C@@H](NC(=O)OC(C)(C)C)C(=O)O. The van der Waals surface area contributed by atoms with Gasteiger partial charge in [-0.25, -0.2) is 14.4 Å². The maximum absolute atomic E-state index is 14.4. The number of aromatic nitrogens is 1. The highest BCUT2D eigenvalue weighted by molar-refractivity contribution is 5.96. The van der Waals surface area contributed by atoms with E-state index in [1.54, 1.807) is 72.0 Å². The molecule has 0 aliphatic carbocycles. The lowest BCUT2D eigenvalue weighted by Gasteiger charge is -2.33. The fourth-order valence-electron chi connectivity index (χ4n) is 6.43. The molecule has 18 nitrogen and oxygen atoms in total. The molecular formula is C43H69N7O11. The largest absolute Gasteiger partial charge is 0.480 e. The Hall–Kier alpha value is -5.23. The molecule has 18 heteroatoms. The molecule has 61 heavy (non-hydrogen) atoms. The number of carbonyl (C=O) groups is 7. The quantitative estimate of drug-likeness (QED) is 0.0891. The maximum atomic E-state index is 14.4. The van der Waals surface area contributed by atoms with Gasteiger partial charge in [-0.3, -0.25) is 23.7 Å². The van der Waals surface area contributed by atoms with Gasteiger partial charge in [0.1, 0.15) is 41.4 Å². The van der Waals surface area contributed by atoms with E-state index in [0.29, 0.717) is 29.3 Å². The van der Waals surface area contributed by atoms with Crippen LogP contribution in [0.4, 0.5) is 9.59 Å². The third-order valence-electron chi connectivity index (χ3n) is 9.32.